The van der Waals surface area contributed by atoms with E-state index in [2.05, 4.69) is 0 Å². The van der Waals surface area contributed by atoms with Gasteiger partial charge in [0.1, 0.15) is 5.76 Å². The number of nitrogen functional groups attached to an aromatic ring is 1. The molecule has 0 spiro atoms. The van der Waals surface area contributed by atoms with Crippen LogP contribution in [0.3, 0.4) is 0 Å². The summed E-state index contributed by atoms with van der Waals surface area (Å²) in [6.07, 6.45) is 0.556. The number of hydrogen-bond donors (Lipinski definition) is 2. The van der Waals surface area contributed by atoms with Crippen LogP contribution in [0.2, 0.25) is 0 Å². The van der Waals surface area contributed by atoms with Crippen LogP contribution in [0.5, 0.6) is 0 Å². The van der Waals surface area contributed by atoms with Crippen molar-refractivity contribution < 1.29 is 9.52 Å². The lowest BCUT2D eigenvalue weighted by Crippen LogP contribution is -2.06. The van der Waals surface area contributed by atoms with Crippen molar-refractivity contribution in [3.8, 4) is 11.3 Å². The van der Waals surface area contributed by atoms with Gasteiger partial charge in [-0.25, -0.2) is 0 Å². The molecule has 2 rings (SSSR count). The van der Waals surface area contributed by atoms with Crippen LogP contribution in [0.25, 0.3) is 11.3 Å². The van der Waals surface area contributed by atoms with Crippen LogP contribution >= 0.6 is 0 Å². The third kappa shape index (κ3) is 2.33. The van der Waals surface area contributed by atoms with Crippen LogP contribution in [0, 0.1) is 0 Å². The number of para-hydroxylation sites is 1. The van der Waals surface area contributed by atoms with Crippen molar-refractivity contribution in [3.05, 3.63) is 35.9 Å². The quantitative estimate of drug-likeness (QED) is 0.811. The number of nitrogens with two attached hydrogens (primary N) is 1. The van der Waals surface area contributed by atoms with Gasteiger partial charge in [0.2, 0.25) is 0 Å². The number of hydrogen-bond acceptors (Lipinski definition) is 4. The fourth-order valence-electron chi connectivity index (χ4n) is 1.88. The first kappa shape index (κ1) is 12.5. The Morgan fingerprint density at radius 2 is 2.00 bits per heavy atom. The Balaban J connectivity index is 2.40. The zero-order valence-corrected chi connectivity index (χ0v) is 10.7. The van der Waals surface area contributed by atoms with Crippen LogP contribution in [0.4, 0.5) is 11.6 Å². The highest BCUT2D eigenvalue weighted by molar-refractivity contribution is 5.76. The number of rotatable bonds is 4. The number of aliphatic hydroxyl groups excluding tert-OH is 1. The third-order valence-electron chi connectivity index (χ3n) is 2.88. The Morgan fingerprint density at radius 1 is 1.22 bits per heavy atom. The topological polar surface area (TPSA) is 62.6 Å². The number of aliphatic hydroxyl groups is 1. The van der Waals surface area contributed by atoms with E-state index in [1.807, 2.05) is 49.3 Å². The van der Waals surface area contributed by atoms with E-state index in [1.54, 1.807) is 0 Å². The van der Waals surface area contributed by atoms with Crippen molar-refractivity contribution in [2.45, 2.75) is 6.42 Å². The molecule has 1 heterocycles. The van der Waals surface area contributed by atoms with E-state index in [1.165, 1.54) is 0 Å². The summed E-state index contributed by atoms with van der Waals surface area (Å²) in [6, 6.07) is 9.59. The molecule has 0 unspecified atom stereocenters. The Kier molecular flexibility index (Phi) is 3.58. The van der Waals surface area contributed by atoms with Gasteiger partial charge in [-0.15, -0.1) is 0 Å². The maximum atomic E-state index is 9.00. The first-order valence-corrected chi connectivity index (χ1v) is 5.89. The number of furan rings is 1. The predicted molar refractivity (Wildman–Crippen MR) is 73.7 cm³/mol. The van der Waals surface area contributed by atoms with Crippen molar-refractivity contribution >= 4 is 11.6 Å². The summed E-state index contributed by atoms with van der Waals surface area (Å²) in [5, 5.41) is 9.00. The van der Waals surface area contributed by atoms with E-state index in [0.29, 0.717) is 12.1 Å². The van der Waals surface area contributed by atoms with Crippen molar-refractivity contribution in [2.24, 2.45) is 0 Å². The summed E-state index contributed by atoms with van der Waals surface area (Å²) in [6.45, 7) is 0.0920. The first-order chi connectivity index (χ1) is 8.63. The average Bonchev–Trinajstić information content (AvgIpc) is 2.81. The second kappa shape index (κ2) is 5.14. The zero-order chi connectivity index (χ0) is 13.1. The van der Waals surface area contributed by atoms with Gasteiger partial charge in [0.25, 0.3) is 0 Å². The zero-order valence-electron chi connectivity index (χ0n) is 10.7. The third-order valence-corrected chi connectivity index (χ3v) is 2.88. The molecule has 0 aliphatic carbocycles. The van der Waals surface area contributed by atoms with Crippen LogP contribution in [0.15, 0.2) is 34.7 Å². The fourth-order valence-corrected chi connectivity index (χ4v) is 1.88. The molecule has 0 saturated heterocycles. The molecule has 18 heavy (non-hydrogen) atoms. The van der Waals surface area contributed by atoms with Crippen molar-refractivity contribution in [2.75, 3.05) is 31.3 Å². The summed E-state index contributed by atoms with van der Waals surface area (Å²) in [5.41, 5.74) is 8.59. The molecule has 0 bridgehead atoms. The molecular formula is C14H18N2O2. The lowest BCUT2D eigenvalue weighted by atomic mass is 10.0. The normalized spacial score (nSPS) is 10.6. The summed E-state index contributed by atoms with van der Waals surface area (Å²) in [4.78, 5) is 1.90. The monoisotopic (exact) mass is 246 g/mol. The van der Waals surface area contributed by atoms with E-state index in [4.69, 9.17) is 15.3 Å². The van der Waals surface area contributed by atoms with E-state index in [9.17, 15) is 0 Å². The lowest BCUT2D eigenvalue weighted by Gasteiger charge is -2.09. The molecule has 0 aliphatic rings. The molecule has 1 aromatic heterocycles. The smallest absolute Gasteiger partial charge is 0.195 e. The molecule has 96 valence electrons. The highest BCUT2D eigenvalue weighted by Gasteiger charge is 2.11. The Morgan fingerprint density at radius 3 is 2.61 bits per heavy atom. The molecular weight excluding hydrogens is 228 g/mol. The minimum absolute atomic E-state index is 0.0920. The highest BCUT2D eigenvalue weighted by Crippen LogP contribution is 2.32. The van der Waals surface area contributed by atoms with Gasteiger partial charge in [-0.1, -0.05) is 12.1 Å². The maximum Gasteiger partial charge on any atom is 0.195 e. The standard InChI is InChI=1S/C14H18N2O2/c1-16(2)13-7-6-12(18-13)11-5-3-4-10(8-9-17)14(11)15/h3-7,17H,8-9,15H2,1-2H3. The lowest BCUT2D eigenvalue weighted by molar-refractivity contribution is 0.300. The minimum atomic E-state index is 0.0920. The molecule has 0 fully saturated rings. The summed E-state index contributed by atoms with van der Waals surface area (Å²) in [5.74, 6) is 1.54. The first-order valence-electron chi connectivity index (χ1n) is 5.89. The molecule has 1 aromatic carbocycles. The number of nitrogens with zero attached hydrogens (tertiary/aromatic N) is 1. The van der Waals surface area contributed by atoms with Crippen LogP contribution in [0.1, 0.15) is 5.56 Å². The molecule has 0 amide bonds. The van der Waals surface area contributed by atoms with E-state index < -0.39 is 0 Å². The Labute approximate surface area is 107 Å². The highest BCUT2D eigenvalue weighted by atomic mass is 16.4. The molecule has 0 aliphatic heterocycles. The molecule has 2 aromatic rings. The van der Waals surface area contributed by atoms with E-state index in [0.717, 1.165) is 22.8 Å². The van der Waals surface area contributed by atoms with Crippen LogP contribution in [-0.4, -0.2) is 25.8 Å². The predicted octanol–water partition coefficient (Wildman–Crippen LogP) is 2.13. The van der Waals surface area contributed by atoms with Gasteiger partial charge in [0.05, 0.1) is 0 Å². The van der Waals surface area contributed by atoms with Crippen LogP contribution < -0.4 is 10.6 Å². The molecule has 4 heteroatoms. The van der Waals surface area contributed by atoms with Gasteiger partial charge in [0.15, 0.2) is 5.88 Å². The van der Waals surface area contributed by atoms with Crippen molar-refractivity contribution in [1.82, 2.24) is 0 Å². The van der Waals surface area contributed by atoms with Gasteiger partial charge in [-0.05, 0) is 24.1 Å². The van der Waals surface area contributed by atoms with Gasteiger partial charge in [0, 0.05) is 38.0 Å². The Bertz CT molecular complexity index is 532. The second-order valence-electron chi connectivity index (χ2n) is 4.38. The van der Waals surface area contributed by atoms with Crippen LogP contribution in [-0.2, 0) is 6.42 Å². The molecule has 4 nitrogen and oxygen atoms in total. The van der Waals surface area contributed by atoms with Gasteiger partial charge in [-0.3, -0.25) is 0 Å². The molecule has 3 N–H and O–H groups in total. The largest absolute Gasteiger partial charge is 0.441 e. The SMILES string of the molecule is CN(C)c1ccc(-c2cccc(CCO)c2N)o1. The summed E-state index contributed by atoms with van der Waals surface area (Å²) >= 11 is 0. The fraction of sp³-hybridized carbons (Fsp3) is 0.286. The Hall–Kier alpha value is -1.94. The number of anilines is 2. The number of benzene rings is 1. The second-order valence-corrected chi connectivity index (χ2v) is 4.38. The molecule has 0 saturated carbocycles. The maximum absolute atomic E-state index is 9.00. The molecule has 0 radical (unpaired) electrons. The average molecular weight is 246 g/mol. The van der Waals surface area contributed by atoms with Gasteiger partial charge in [-0.2, -0.15) is 0 Å². The van der Waals surface area contributed by atoms with Crippen molar-refractivity contribution in [1.29, 1.82) is 0 Å². The van der Waals surface area contributed by atoms with Gasteiger partial charge >= 0.3 is 0 Å². The van der Waals surface area contributed by atoms with E-state index >= 15 is 0 Å². The minimum Gasteiger partial charge on any atom is -0.441 e. The summed E-state index contributed by atoms with van der Waals surface area (Å²) < 4.78 is 5.73. The van der Waals surface area contributed by atoms with Crippen molar-refractivity contribution in [3.63, 3.8) is 0 Å². The van der Waals surface area contributed by atoms with Gasteiger partial charge < -0.3 is 20.2 Å². The summed E-state index contributed by atoms with van der Waals surface area (Å²) in [7, 11) is 3.85. The molecule has 0 atom stereocenters. The van der Waals surface area contributed by atoms with E-state index in [-0.39, 0.29) is 6.61 Å².